The predicted molar refractivity (Wildman–Crippen MR) is 166 cm³/mol. The Morgan fingerprint density at radius 3 is 2.24 bits per heavy atom. The number of carboxylic acid groups (broad SMARTS) is 1. The smallest absolute Gasteiger partial charge is 0.333 e. The number of aliphatic hydroxyl groups is 4. The van der Waals surface area contributed by atoms with Crippen LogP contribution in [-0.4, -0.2) is 68.0 Å². The molecule has 8 heteroatoms. The number of carbonyl (C=O) groups excluding carboxylic acids is 1. The zero-order valence-electron chi connectivity index (χ0n) is 27.0. The average Bonchev–Trinajstić information content (AvgIpc) is 2.93. The van der Waals surface area contributed by atoms with Gasteiger partial charge in [-0.15, -0.1) is 0 Å². The molecule has 1 heterocycles. The van der Waals surface area contributed by atoms with Crippen LogP contribution in [0.4, 0.5) is 0 Å². The van der Waals surface area contributed by atoms with Gasteiger partial charge in [0.1, 0.15) is 6.10 Å². The van der Waals surface area contributed by atoms with Gasteiger partial charge in [0.2, 0.25) is 0 Å². The first-order chi connectivity index (χ1) is 19.7. The maximum Gasteiger partial charge on any atom is 0.333 e. The van der Waals surface area contributed by atoms with E-state index < -0.39 is 36.3 Å². The van der Waals surface area contributed by atoms with Crippen molar-refractivity contribution in [1.82, 2.24) is 0 Å². The Bertz CT molecular complexity index is 852. The molecule has 0 saturated carbocycles. The van der Waals surface area contributed by atoms with Crippen molar-refractivity contribution in [1.29, 1.82) is 0 Å². The summed E-state index contributed by atoms with van der Waals surface area (Å²) in [6.45, 7) is 11.7. The van der Waals surface area contributed by atoms with E-state index in [-0.39, 0.29) is 49.1 Å². The topological polar surface area (TPSA) is 145 Å². The lowest BCUT2D eigenvalue weighted by molar-refractivity contribution is -0.150. The minimum atomic E-state index is -0.877. The van der Waals surface area contributed by atoms with E-state index in [0.717, 1.165) is 44.1 Å². The number of carboxylic acids is 1. The molecule has 0 fully saturated rings. The quantitative estimate of drug-likeness (QED) is 0.112. The van der Waals surface area contributed by atoms with Crippen LogP contribution in [0.1, 0.15) is 125 Å². The highest BCUT2D eigenvalue weighted by atomic mass is 16.5. The normalized spacial score (nSPS) is 33.2. The van der Waals surface area contributed by atoms with E-state index >= 15 is 0 Å². The molecule has 0 aromatic rings. The van der Waals surface area contributed by atoms with Gasteiger partial charge in [0, 0.05) is 24.3 Å². The molecule has 0 radical (unpaired) electrons. The van der Waals surface area contributed by atoms with Crippen LogP contribution in [0, 0.1) is 23.7 Å². The number of rotatable bonds is 11. The number of hydrogen-bond donors (Lipinski definition) is 5. The number of carbonyl (C=O) groups is 2. The molecule has 5 N–H and O–H groups in total. The fraction of sp³-hybridized carbons (Fsp3) is 0.824. The third-order valence-corrected chi connectivity index (χ3v) is 9.05. The largest absolute Gasteiger partial charge is 0.481 e. The van der Waals surface area contributed by atoms with Crippen LogP contribution in [-0.2, 0) is 14.3 Å². The van der Waals surface area contributed by atoms with Gasteiger partial charge in [-0.05, 0) is 82.1 Å². The Morgan fingerprint density at radius 2 is 1.60 bits per heavy atom. The number of cyclic esters (lactones) is 1. The highest BCUT2D eigenvalue weighted by Gasteiger charge is 2.29. The molecular weight excluding hydrogens is 536 g/mol. The number of aliphatic hydroxyl groups excluding tert-OH is 4. The van der Waals surface area contributed by atoms with Gasteiger partial charge in [0.25, 0.3) is 0 Å². The molecule has 9 atom stereocenters. The summed E-state index contributed by atoms with van der Waals surface area (Å²) in [6, 6.07) is 0. The average molecular weight is 597 g/mol. The maximum absolute atomic E-state index is 13.1. The molecule has 0 aromatic carbocycles. The summed E-state index contributed by atoms with van der Waals surface area (Å²) in [5.41, 5.74) is 1.26. The molecule has 0 unspecified atom stereocenters. The van der Waals surface area contributed by atoms with Gasteiger partial charge in [0.05, 0.1) is 24.4 Å². The third-order valence-electron chi connectivity index (χ3n) is 9.05. The monoisotopic (exact) mass is 596 g/mol. The Labute approximate surface area is 254 Å². The van der Waals surface area contributed by atoms with Crippen LogP contribution in [0.15, 0.2) is 23.3 Å². The Hall–Kier alpha value is -1.74. The second-order valence-electron chi connectivity index (χ2n) is 13.1. The van der Waals surface area contributed by atoms with Gasteiger partial charge in [-0.1, -0.05) is 65.5 Å². The number of aliphatic carboxylic acids is 1. The Kier molecular flexibility index (Phi) is 18.5. The number of unbranched alkanes of at least 4 members (excludes halogenated alkanes) is 2. The van der Waals surface area contributed by atoms with Gasteiger partial charge >= 0.3 is 11.9 Å². The zero-order valence-corrected chi connectivity index (χ0v) is 27.0. The van der Waals surface area contributed by atoms with Gasteiger partial charge in [-0.3, -0.25) is 4.79 Å². The first kappa shape index (κ1) is 38.3. The Morgan fingerprint density at radius 1 is 0.976 bits per heavy atom. The fourth-order valence-corrected chi connectivity index (χ4v) is 5.87. The van der Waals surface area contributed by atoms with Crippen molar-refractivity contribution in [2.24, 2.45) is 23.7 Å². The first-order valence-electron chi connectivity index (χ1n) is 16.2. The van der Waals surface area contributed by atoms with E-state index in [1.165, 1.54) is 0 Å². The van der Waals surface area contributed by atoms with Crippen molar-refractivity contribution in [2.45, 2.75) is 156 Å². The highest BCUT2D eigenvalue weighted by molar-refractivity contribution is 5.87. The van der Waals surface area contributed by atoms with Crippen molar-refractivity contribution in [3.05, 3.63) is 23.3 Å². The molecule has 1 aliphatic heterocycles. The number of ether oxygens (including phenoxy) is 1. The summed E-state index contributed by atoms with van der Waals surface area (Å²) in [5, 5.41) is 50.9. The molecule has 1 rings (SSSR count). The summed E-state index contributed by atoms with van der Waals surface area (Å²) in [4.78, 5) is 23.8. The molecule has 1 aliphatic rings. The van der Waals surface area contributed by atoms with Crippen LogP contribution in [0.3, 0.4) is 0 Å². The number of hydrogen-bond acceptors (Lipinski definition) is 7. The van der Waals surface area contributed by atoms with Gasteiger partial charge in [-0.2, -0.15) is 0 Å². The molecule has 0 amide bonds. The SMILES string of the molecule is C/C1=C\C[C@@H](O)[C@@H](C)[C@H](O)C[C@H](O)/C(C)=C/[C@@H](C)CCC[C@H](C)[C@@H]([C@H](C)CCCC[C@H](O)CCCCC(=O)O)OC1=O. The minimum absolute atomic E-state index is 0.130. The van der Waals surface area contributed by atoms with E-state index in [1.807, 2.05) is 6.92 Å². The summed E-state index contributed by atoms with van der Waals surface area (Å²) < 4.78 is 6.11. The predicted octanol–water partition coefficient (Wildman–Crippen LogP) is 5.95. The second kappa shape index (κ2) is 20.3. The Balaban J connectivity index is 2.89. The number of esters is 1. The molecule has 0 spiro atoms. The lowest BCUT2D eigenvalue weighted by atomic mass is 9.85. The molecule has 0 saturated heterocycles. The highest BCUT2D eigenvalue weighted by Crippen LogP contribution is 2.29. The van der Waals surface area contributed by atoms with E-state index in [4.69, 9.17) is 9.84 Å². The fourth-order valence-electron chi connectivity index (χ4n) is 5.87. The van der Waals surface area contributed by atoms with Crippen molar-refractivity contribution in [3.63, 3.8) is 0 Å². The van der Waals surface area contributed by atoms with Crippen LogP contribution >= 0.6 is 0 Å². The van der Waals surface area contributed by atoms with E-state index in [9.17, 15) is 30.0 Å². The summed E-state index contributed by atoms with van der Waals surface area (Å²) in [5.74, 6) is -1.13. The van der Waals surface area contributed by atoms with Gasteiger partial charge < -0.3 is 30.3 Å². The van der Waals surface area contributed by atoms with Gasteiger partial charge in [-0.25, -0.2) is 4.79 Å². The van der Waals surface area contributed by atoms with Crippen LogP contribution < -0.4 is 0 Å². The lowest BCUT2D eigenvalue weighted by Crippen LogP contribution is -2.33. The summed E-state index contributed by atoms with van der Waals surface area (Å²) in [6.07, 6.45) is 9.03. The zero-order chi connectivity index (χ0) is 31.8. The molecular formula is C34H60O8. The van der Waals surface area contributed by atoms with Gasteiger partial charge in [0.15, 0.2) is 0 Å². The molecule has 42 heavy (non-hydrogen) atoms. The lowest BCUT2D eigenvalue weighted by Gasteiger charge is -2.30. The van der Waals surface area contributed by atoms with Crippen molar-refractivity contribution in [3.8, 4) is 0 Å². The van der Waals surface area contributed by atoms with Crippen molar-refractivity contribution in [2.75, 3.05) is 0 Å². The third kappa shape index (κ3) is 15.1. The standard InChI is InChI=1S/C34H60O8/c1-22-12-11-14-24(3)33(23(2)13-7-8-15-28(35)16-9-10-17-32(39)40)42-34(41)25(4)18-19-29(36)27(6)31(38)21-30(37)26(5)20-22/h18,20,22-24,27-31,33,35-38H,7-17,19,21H2,1-6H3,(H,39,40)/b25-18+,26-20+/t22-,23+,24-,27+,28-,29+,30-,31+,33+/m0/s1. The molecule has 0 bridgehead atoms. The van der Waals surface area contributed by atoms with Crippen LogP contribution in [0.5, 0.6) is 0 Å². The van der Waals surface area contributed by atoms with Crippen molar-refractivity contribution >= 4 is 11.9 Å². The maximum atomic E-state index is 13.1. The van der Waals surface area contributed by atoms with Crippen LogP contribution in [0.25, 0.3) is 0 Å². The van der Waals surface area contributed by atoms with E-state index in [0.29, 0.717) is 31.3 Å². The summed E-state index contributed by atoms with van der Waals surface area (Å²) >= 11 is 0. The molecule has 0 aliphatic carbocycles. The van der Waals surface area contributed by atoms with Crippen LogP contribution in [0.2, 0.25) is 0 Å². The van der Waals surface area contributed by atoms with E-state index in [2.05, 4.69) is 26.8 Å². The van der Waals surface area contributed by atoms with Crippen molar-refractivity contribution < 1.29 is 39.9 Å². The van der Waals surface area contributed by atoms with E-state index in [1.54, 1.807) is 19.9 Å². The molecule has 0 aromatic heterocycles. The molecule has 244 valence electrons. The summed E-state index contributed by atoms with van der Waals surface area (Å²) in [7, 11) is 0. The first-order valence-corrected chi connectivity index (χ1v) is 16.2. The number of allylic oxidation sites excluding steroid dienone is 1. The minimum Gasteiger partial charge on any atom is -0.481 e. The second-order valence-corrected chi connectivity index (χ2v) is 13.1. The molecule has 8 nitrogen and oxygen atoms in total.